The van der Waals surface area contributed by atoms with Crippen LogP contribution >= 0.6 is 0 Å². The zero-order valence-electron chi connectivity index (χ0n) is 35.2. The quantitative estimate of drug-likeness (QED) is 0.0305. The second-order valence-corrected chi connectivity index (χ2v) is 13.2. The molecule has 1 aromatic carbocycles. The van der Waals surface area contributed by atoms with Gasteiger partial charge >= 0.3 is 0 Å². The lowest BCUT2D eigenvalue weighted by atomic mass is 10.2. The average Bonchev–Trinajstić information content (AvgIpc) is 3.68. The summed E-state index contributed by atoms with van der Waals surface area (Å²) in [4.78, 5) is 16.0. The van der Waals surface area contributed by atoms with E-state index < -0.39 is 0 Å². The van der Waals surface area contributed by atoms with Crippen LogP contribution in [0.1, 0.15) is 39.7 Å². The first-order chi connectivity index (χ1) is 26.4. The Hall–Kier alpha value is -1.71. The van der Waals surface area contributed by atoms with Crippen LogP contribution in [0.15, 0.2) is 29.3 Å². The van der Waals surface area contributed by atoms with Crippen LogP contribution < -0.4 is 56.1 Å². The highest BCUT2D eigenvalue weighted by Gasteiger charge is 2.13. The third kappa shape index (κ3) is 35.2. The highest BCUT2D eigenvalue weighted by Crippen LogP contribution is 2.22. The molecule has 0 saturated heterocycles. The van der Waals surface area contributed by atoms with Gasteiger partial charge in [-0.2, -0.15) is 0 Å². The van der Waals surface area contributed by atoms with E-state index in [1.807, 2.05) is 38.5 Å². The monoisotopic (exact) mass is 785 g/mol. The lowest BCUT2D eigenvalue weighted by molar-refractivity contribution is 0.164. The van der Waals surface area contributed by atoms with E-state index in [4.69, 9.17) is 40.1 Å². The Morgan fingerprint density at radius 1 is 0.509 bits per heavy atom. The summed E-state index contributed by atoms with van der Waals surface area (Å²) in [7, 11) is 3.99. The minimum absolute atomic E-state index is 0. The van der Waals surface area contributed by atoms with E-state index in [1.165, 1.54) is 12.0 Å². The van der Waals surface area contributed by atoms with Crippen LogP contribution in [0.3, 0.4) is 0 Å². The van der Waals surface area contributed by atoms with E-state index in [-0.39, 0.29) is 7.43 Å². The third-order valence-electron chi connectivity index (χ3n) is 8.69. The first-order valence-electron chi connectivity index (χ1n) is 20.5. The number of hydrogen-bond acceptors (Lipinski definition) is 16. The molecule has 0 fully saturated rings. The van der Waals surface area contributed by atoms with E-state index in [0.29, 0.717) is 26.4 Å². The number of nitrogens with two attached hydrogens (primary N) is 7. The fourth-order valence-corrected chi connectivity index (χ4v) is 5.37. The smallest absolute Gasteiger partial charge is 0.0661 e. The minimum atomic E-state index is 0. The second-order valence-electron chi connectivity index (χ2n) is 13.2. The summed E-state index contributed by atoms with van der Waals surface area (Å²) < 4.78 is 0. The summed E-state index contributed by atoms with van der Waals surface area (Å²) in [6.07, 6.45) is 5.24. The van der Waals surface area contributed by atoms with Gasteiger partial charge in [-0.25, -0.2) is 0 Å². The molecule has 55 heavy (non-hydrogen) atoms. The summed E-state index contributed by atoms with van der Waals surface area (Å²) in [5.74, 6) is 0. The maximum absolute atomic E-state index is 5.81. The zero-order chi connectivity index (χ0) is 40.5. The number of para-hydroxylation sites is 1. The number of nitrogens with one attached hydrogen (secondary N) is 3. The fraction of sp³-hybridized carbons (Fsp3) is 0.821. The van der Waals surface area contributed by atoms with Gasteiger partial charge in [-0.05, 0) is 51.7 Å². The van der Waals surface area contributed by atoms with Crippen LogP contribution in [-0.4, -0.2) is 202 Å². The number of benzene rings is 1. The van der Waals surface area contributed by atoms with Crippen LogP contribution in [-0.2, 0) is 6.42 Å². The van der Waals surface area contributed by atoms with Gasteiger partial charge in [0.1, 0.15) is 0 Å². The van der Waals surface area contributed by atoms with Crippen molar-refractivity contribution in [2.45, 2.75) is 40.5 Å². The summed E-state index contributed by atoms with van der Waals surface area (Å²) in [5, 5.41) is 9.91. The van der Waals surface area contributed by atoms with Gasteiger partial charge in [0, 0.05) is 157 Å². The summed E-state index contributed by atoms with van der Waals surface area (Å²) in [6, 6.07) is 8.22. The molecular formula is C39H92N16. The molecule has 328 valence electrons. The Balaban J connectivity index is -0.000000898. The summed E-state index contributed by atoms with van der Waals surface area (Å²) in [6.45, 7) is 25.7. The normalized spacial score (nSPS) is 11.6. The van der Waals surface area contributed by atoms with Crippen molar-refractivity contribution in [3.05, 3.63) is 29.8 Å². The largest absolute Gasteiger partial charge is 0.330 e. The number of likely N-dealkylation sites (N-methyl/N-ethyl adjacent to an activating group) is 2. The first kappa shape index (κ1) is 57.6. The maximum Gasteiger partial charge on any atom is 0.0661 e. The number of aliphatic imine (C=N–C) groups is 1. The lowest BCUT2D eigenvalue weighted by Gasteiger charge is -2.31. The fourth-order valence-electron chi connectivity index (χ4n) is 5.37. The molecule has 0 unspecified atom stereocenters. The maximum atomic E-state index is 5.81. The summed E-state index contributed by atoms with van der Waals surface area (Å²) in [5.41, 5.74) is 41.3. The zero-order valence-corrected chi connectivity index (χ0v) is 35.2. The van der Waals surface area contributed by atoms with E-state index in [1.54, 1.807) is 0 Å². The molecule has 0 bridgehead atoms. The molecule has 0 saturated carbocycles. The Kier molecular flexibility index (Phi) is 47.1. The van der Waals surface area contributed by atoms with Crippen molar-refractivity contribution in [2.75, 3.05) is 171 Å². The SMILES string of the molecule is C.C1=Nc2ccccc2C1.CCCN.CCCN(CCN)CCN.CNCCN(CCN)CCN(CCNCCN)CCN(CCNC)CCN(CN)CN. The van der Waals surface area contributed by atoms with Crippen LogP contribution in [0, 0.1) is 0 Å². The van der Waals surface area contributed by atoms with Crippen molar-refractivity contribution >= 4 is 11.9 Å². The molecule has 1 heterocycles. The molecule has 0 amide bonds. The first-order valence-corrected chi connectivity index (χ1v) is 20.5. The standard InChI is InChI=1S/C20H53N11.C8H7N.C7H19N3.C3H9N.CH4/c1-25-6-10-28(9-4-22)13-14-30(12-8-27-5-3-21)16-15-29(11-7-26-2)17-18-31(19-23)20-24;1-2-4-8-7(3-1)5-6-9-8;1-2-5-10(6-3-8)7-4-9;1-2-3-4;/h25-27H,3-24H2,1-2H3;1-4,6H,5H2;2-9H2,1H3;2-4H2,1H3;1H4. The Bertz CT molecular complexity index is 892. The molecule has 1 aromatic rings. The van der Waals surface area contributed by atoms with Crippen molar-refractivity contribution in [1.82, 2.24) is 40.4 Å². The molecule has 0 spiro atoms. The van der Waals surface area contributed by atoms with E-state index in [2.05, 4.69) is 65.4 Å². The molecule has 0 aliphatic carbocycles. The van der Waals surface area contributed by atoms with Crippen molar-refractivity contribution in [3.8, 4) is 0 Å². The van der Waals surface area contributed by atoms with Crippen molar-refractivity contribution in [2.24, 2.45) is 45.1 Å². The number of hydrogen-bond donors (Lipinski definition) is 10. The Morgan fingerprint density at radius 3 is 1.35 bits per heavy atom. The molecule has 0 aromatic heterocycles. The molecule has 0 atom stereocenters. The number of nitrogens with zero attached hydrogens (tertiary/aromatic N) is 6. The van der Waals surface area contributed by atoms with Gasteiger partial charge < -0.3 is 61.0 Å². The van der Waals surface area contributed by atoms with Gasteiger partial charge in [-0.15, -0.1) is 0 Å². The molecule has 1 aliphatic heterocycles. The molecule has 17 N–H and O–H groups in total. The average molecular weight is 785 g/mol. The van der Waals surface area contributed by atoms with Crippen LogP contribution in [0.4, 0.5) is 5.69 Å². The summed E-state index contributed by atoms with van der Waals surface area (Å²) >= 11 is 0. The highest BCUT2D eigenvalue weighted by atomic mass is 15.3. The topological polar surface area (TPSA) is 247 Å². The molecule has 2 rings (SSSR count). The second kappa shape index (κ2) is 45.0. The Morgan fingerprint density at radius 2 is 0.945 bits per heavy atom. The van der Waals surface area contributed by atoms with Gasteiger partial charge in [0.2, 0.25) is 0 Å². The molecule has 16 nitrogen and oxygen atoms in total. The van der Waals surface area contributed by atoms with E-state index in [9.17, 15) is 0 Å². The predicted molar refractivity (Wildman–Crippen MR) is 242 cm³/mol. The Labute approximate surface area is 338 Å². The molecule has 1 aliphatic rings. The van der Waals surface area contributed by atoms with E-state index >= 15 is 0 Å². The van der Waals surface area contributed by atoms with Crippen molar-refractivity contribution in [3.63, 3.8) is 0 Å². The molecule has 16 heteroatoms. The van der Waals surface area contributed by atoms with Crippen LogP contribution in [0.5, 0.6) is 0 Å². The molecular weight excluding hydrogens is 693 g/mol. The van der Waals surface area contributed by atoms with Gasteiger partial charge in [-0.1, -0.05) is 39.5 Å². The van der Waals surface area contributed by atoms with Crippen LogP contribution in [0.2, 0.25) is 0 Å². The van der Waals surface area contributed by atoms with Crippen molar-refractivity contribution in [1.29, 1.82) is 0 Å². The van der Waals surface area contributed by atoms with Gasteiger partial charge in [-0.3, -0.25) is 24.6 Å². The minimum Gasteiger partial charge on any atom is -0.330 e. The van der Waals surface area contributed by atoms with Gasteiger partial charge in [0.15, 0.2) is 0 Å². The number of fused-ring (bicyclic) bond motifs is 1. The highest BCUT2D eigenvalue weighted by molar-refractivity contribution is 5.75. The third-order valence-corrected chi connectivity index (χ3v) is 8.69. The van der Waals surface area contributed by atoms with Crippen LogP contribution in [0.25, 0.3) is 0 Å². The van der Waals surface area contributed by atoms with Gasteiger partial charge in [0.25, 0.3) is 0 Å². The van der Waals surface area contributed by atoms with Crippen molar-refractivity contribution < 1.29 is 0 Å². The number of rotatable bonds is 31. The van der Waals surface area contributed by atoms with Gasteiger partial charge in [0.05, 0.1) is 5.69 Å². The molecule has 0 radical (unpaired) electrons. The lowest BCUT2D eigenvalue weighted by Crippen LogP contribution is -2.47. The predicted octanol–water partition coefficient (Wildman–Crippen LogP) is -1.48. The van der Waals surface area contributed by atoms with E-state index in [0.717, 1.165) is 149 Å².